The van der Waals surface area contributed by atoms with E-state index in [0.29, 0.717) is 36.2 Å². The van der Waals surface area contributed by atoms with Gasteiger partial charge in [-0.1, -0.05) is 26.0 Å². The van der Waals surface area contributed by atoms with E-state index in [1.54, 1.807) is 12.1 Å². The first-order chi connectivity index (χ1) is 9.44. The summed E-state index contributed by atoms with van der Waals surface area (Å²) in [5, 5.41) is 0. The van der Waals surface area contributed by atoms with Gasteiger partial charge in [0.15, 0.2) is 9.84 Å². The van der Waals surface area contributed by atoms with Gasteiger partial charge in [0.1, 0.15) is 0 Å². The highest BCUT2D eigenvalue weighted by Gasteiger charge is 2.15. The van der Waals surface area contributed by atoms with Gasteiger partial charge in [-0.3, -0.25) is 0 Å². The Labute approximate surface area is 122 Å². The van der Waals surface area contributed by atoms with Gasteiger partial charge in [-0.15, -0.1) is 0 Å². The van der Waals surface area contributed by atoms with Crippen molar-refractivity contribution in [1.29, 1.82) is 0 Å². The van der Waals surface area contributed by atoms with Crippen LogP contribution in [0.15, 0.2) is 29.2 Å². The van der Waals surface area contributed by atoms with E-state index in [1.165, 1.54) is 0 Å². The Morgan fingerprint density at radius 3 is 2.10 bits per heavy atom. The van der Waals surface area contributed by atoms with E-state index in [2.05, 4.69) is 6.92 Å². The second-order valence-corrected chi connectivity index (χ2v) is 7.47. The molecule has 1 aromatic rings. The molecule has 0 saturated carbocycles. The minimum Gasteiger partial charge on any atom is -0.330 e. The highest BCUT2D eigenvalue weighted by molar-refractivity contribution is 7.91. The summed E-state index contributed by atoms with van der Waals surface area (Å²) in [6.07, 6.45) is 1.56. The highest BCUT2D eigenvalue weighted by Crippen LogP contribution is 2.24. The number of hydrogen-bond donors (Lipinski definition) is 2. The van der Waals surface area contributed by atoms with Crippen molar-refractivity contribution in [1.82, 2.24) is 0 Å². The molecule has 0 aliphatic rings. The fourth-order valence-corrected chi connectivity index (χ4v) is 3.64. The van der Waals surface area contributed by atoms with Crippen LogP contribution in [0, 0.1) is 5.92 Å². The summed E-state index contributed by atoms with van der Waals surface area (Å²) in [6, 6.07) is 7.21. The molecule has 1 rings (SSSR count). The van der Waals surface area contributed by atoms with Gasteiger partial charge < -0.3 is 11.5 Å². The monoisotopic (exact) mass is 298 g/mol. The predicted molar refractivity (Wildman–Crippen MR) is 83.4 cm³/mol. The van der Waals surface area contributed by atoms with Gasteiger partial charge in [0.2, 0.25) is 0 Å². The lowest BCUT2D eigenvalue weighted by Crippen LogP contribution is -2.24. The summed E-state index contributed by atoms with van der Waals surface area (Å²) >= 11 is 0. The van der Waals surface area contributed by atoms with Crippen LogP contribution in [0.25, 0.3) is 0 Å². The summed E-state index contributed by atoms with van der Waals surface area (Å²) in [4.78, 5) is 0.407. The summed E-state index contributed by atoms with van der Waals surface area (Å²) in [7, 11) is -3.13. The maximum atomic E-state index is 12.0. The van der Waals surface area contributed by atoms with E-state index in [4.69, 9.17) is 11.5 Å². The van der Waals surface area contributed by atoms with Crippen LogP contribution in [0.2, 0.25) is 0 Å². The first kappa shape index (κ1) is 17.1. The SMILES string of the molecule is CCCS(=O)(=O)c1ccc(C(C)CC(CN)CN)cc1. The number of sulfone groups is 1. The van der Waals surface area contributed by atoms with Gasteiger partial charge in [0, 0.05) is 0 Å². The summed E-state index contributed by atoms with van der Waals surface area (Å²) in [6.45, 7) is 5.16. The van der Waals surface area contributed by atoms with Crippen LogP contribution in [-0.4, -0.2) is 27.3 Å². The smallest absolute Gasteiger partial charge is 0.178 e. The molecule has 0 bridgehead atoms. The van der Waals surface area contributed by atoms with Crippen molar-refractivity contribution >= 4 is 9.84 Å². The van der Waals surface area contributed by atoms with Gasteiger partial charge in [0.05, 0.1) is 10.6 Å². The lowest BCUT2D eigenvalue weighted by molar-refractivity contribution is 0.465. The van der Waals surface area contributed by atoms with E-state index in [0.717, 1.165) is 12.0 Å². The normalized spacial score (nSPS) is 13.7. The molecule has 20 heavy (non-hydrogen) atoms. The molecule has 114 valence electrons. The number of hydrogen-bond acceptors (Lipinski definition) is 4. The Balaban J connectivity index is 2.81. The Hall–Kier alpha value is -0.910. The second-order valence-electron chi connectivity index (χ2n) is 5.36. The van der Waals surface area contributed by atoms with E-state index in [-0.39, 0.29) is 5.75 Å². The van der Waals surface area contributed by atoms with Crippen LogP contribution in [0.1, 0.15) is 38.2 Å². The van der Waals surface area contributed by atoms with Crippen molar-refractivity contribution in [2.24, 2.45) is 17.4 Å². The fourth-order valence-electron chi connectivity index (χ4n) is 2.32. The van der Waals surface area contributed by atoms with Crippen molar-refractivity contribution < 1.29 is 8.42 Å². The van der Waals surface area contributed by atoms with Crippen LogP contribution in [0.5, 0.6) is 0 Å². The molecule has 0 aromatic heterocycles. The van der Waals surface area contributed by atoms with Gasteiger partial charge in [-0.2, -0.15) is 0 Å². The molecule has 0 amide bonds. The summed E-state index contributed by atoms with van der Waals surface area (Å²) < 4.78 is 23.9. The Kier molecular flexibility index (Phi) is 6.65. The first-order valence-corrected chi connectivity index (χ1v) is 8.82. The van der Waals surface area contributed by atoms with E-state index >= 15 is 0 Å². The third kappa shape index (κ3) is 4.58. The van der Waals surface area contributed by atoms with Crippen LogP contribution in [0.4, 0.5) is 0 Å². The maximum Gasteiger partial charge on any atom is 0.178 e. The molecule has 0 radical (unpaired) electrons. The van der Waals surface area contributed by atoms with Crippen molar-refractivity contribution in [2.75, 3.05) is 18.8 Å². The largest absolute Gasteiger partial charge is 0.330 e. The highest BCUT2D eigenvalue weighted by atomic mass is 32.2. The van der Waals surface area contributed by atoms with Crippen LogP contribution >= 0.6 is 0 Å². The minimum atomic E-state index is -3.13. The average molecular weight is 298 g/mol. The zero-order valence-electron chi connectivity index (χ0n) is 12.4. The standard InChI is InChI=1S/C15H26N2O2S/c1-3-8-20(18,19)15-6-4-14(5-7-15)12(2)9-13(10-16)11-17/h4-7,12-13H,3,8-11,16-17H2,1-2H3. The molecule has 1 atom stereocenters. The van der Waals surface area contributed by atoms with Crippen molar-refractivity contribution in [3.05, 3.63) is 29.8 Å². The van der Waals surface area contributed by atoms with E-state index in [9.17, 15) is 8.42 Å². The van der Waals surface area contributed by atoms with Crippen LogP contribution < -0.4 is 11.5 Å². The molecule has 1 unspecified atom stereocenters. The quantitative estimate of drug-likeness (QED) is 0.767. The molecular weight excluding hydrogens is 272 g/mol. The van der Waals surface area contributed by atoms with Crippen LogP contribution in [0.3, 0.4) is 0 Å². The summed E-state index contributed by atoms with van der Waals surface area (Å²) in [5.74, 6) is 0.841. The molecule has 0 spiro atoms. The van der Waals surface area contributed by atoms with Crippen molar-refractivity contribution in [3.8, 4) is 0 Å². The molecular formula is C15H26N2O2S. The molecule has 1 aromatic carbocycles. The van der Waals surface area contributed by atoms with Gasteiger partial charge in [0.25, 0.3) is 0 Å². The van der Waals surface area contributed by atoms with Gasteiger partial charge >= 0.3 is 0 Å². The number of nitrogens with two attached hydrogens (primary N) is 2. The zero-order valence-corrected chi connectivity index (χ0v) is 13.2. The predicted octanol–water partition coefficient (Wildman–Crippen LogP) is 1.90. The third-order valence-electron chi connectivity index (χ3n) is 3.63. The first-order valence-electron chi connectivity index (χ1n) is 7.17. The lowest BCUT2D eigenvalue weighted by Gasteiger charge is -2.18. The minimum absolute atomic E-state index is 0.199. The fraction of sp³-hybridized carbons (Fsp3) is 0.600. The van der Waals surface area contributed by atoms with Crippen LogP contribution in [-0.2, 0) is 9.84 Å². The number of benzene rings is 1. The molecule has 4 nitrogen and oxygen atoms in total. The Bertz CT molecular complexity index is 493. The molecule has 4 N–H and O–H groups in total. The molecule has 0 saturated heterocycles. The lowest BCUT2D eigenvalue weighted by atomic mass is 9.90. The third-order valence-corrected chi connectivity index (χ3v) is 5.57. The molecule has 5 heteroatoms. The molecule has 0 aliphatic carbocycles. The molecule has 0 heterocycles. The van der Waals surface area contributed by atoms with Crippen molar-refractivity contribution in [2.45, 2.75) is 37.5 Å². The number of rotatable bonds is 8. The topological polar surface area (TPSA) is 86.2 Å². The Morgan fingerprint density at radius 2 is 1.65 bits per heavy atom. The summed E-state index contributed by atoms with van der Waals surface area (Å²) in [5.41, 5.74) is 12.5. The molecule has 0 aliphatic heterocycles. The maximum absolute atomic E-state index is 12.0. The zero-order chi connectivity index (χ0) is 15.2. The Morgan fingerprint density at radius 1 is 1.10 bits per heavy atom. The molecule has 0 fully saturated rings. The second kappa shape index (κ2) is 7.76. The van der Waals surface area contributed by atoms with Gasteiger partial charge in [-0.05, 0) is 55.5 Å². The average Bonchev–Trinajstić information content (AvgIpc) is 2.44. The van der Waals surface area contributed by atoms with E-state index < -0.39 is 9.84 Å². The van der Waals surface area contributed by atoms with Gasteiger partial charge in [-0.25, -0.2) is 8.42 Å². The van der Waals surface area contributed by atoms with E-state index in [1.807, 2.05) is 19.1 Å². The van der Waals surface area contributed by atoms with Crippen molar-refractivity contribution in [3.63, 3.8) is 0 Å².